The van der Waals surface area contributed by atoms with Crippen LogP contribution >= 0.6 is 38.5 Å². The van der Waals surface area contributed by atoms with E-state index in [-0.39, 0.29) is 13.2 Å². The van der Waals surface area contributed by atoms with Crippen molar-refractivity contribution < 1.29 is 4.79 Å². The number of pyridine rings is 1. The molecule has 1 aromatic rings. The molecule has 0 spiro atoms. The minimum absolute atomic E-state index is 0. The molecule has 0 bridgehead atoms. The SMILES string of the molecule is Brc1ccc(I)nc1.C.[13CH3][13C]([13CH3])=O. The first kappa shape index (κ1) is 15.5. The monoisotopic (exact) mass is 360 g/mol. The Labute approximate surface area is 101 Å². The Balaban J connectivity index is 0. The first-order valence-electron chi connectivity index (χ1n) is 3.26. The summed E-state index contributed by atoms with van der Waals surface area (Å²) in [4.78, 5) is 13.5. The van der Waals surface area contributed by atoms with E-state index in [1.807, 2.05) is 12.1 Å². The molecule has 0 aliphatic heterocycles. The lowest BCUT2D eigenvalue weighted by Gasteiger charge is -1.86. The smallest absolute Gasteiger partial charge is 0.126 e. The van der Waals surface area contributed by atoms with E-state index >= 15 is 0 Å². The molecule has 0 aliphatic carbocycles. The Kier molecular flexibility index (Phi) is 10.3. The minimum atomic E-state index is 0. The van der Waals surface area contributed by atoms with Crippen LogP contribution in [0.3, 0.4) is 0 Å². The highest BCUT2D eigenvalue weighted by Gasteiger charge is 1.84. The van der Waals surface area contributed by atoms with Crippen LogP contribution in [0.1, 0.15) is 21.3 Å². The summed E-state index contributed by atoms with van der Waals surface area (Å²) in [7, 11) is 0. The summed E-state index contributed by atoms with van der Waals surface area (Å²) in [6.45, 7) is 3.06. The van der Waals surface area contributed by atoms with E-state index in [0.29, 0.717) is 0 Å². The van der Waals surface area contributed by atoms with Gasteiger partial charge >= 0.3 is 0 Å². The van der Waals surface area contributed by atoms with E-state index in [9.17, 15) is 4.79 Å². The van der Waals surface area contributed by atoms with E-state index < -0.39 is 0 Å². The summed E-state index contributed by atoms with van der Waals surface area (Å²) in [5.41, 5.74) is 0. The van der Waals surface area contributed by atoms with Crippen LogP contribution in [-0.4, -0.2) is 10.8 Å². The molecule has 74 valence electrons. The molecule has 0 fully saturated rings. The van der Waals surface area contributed by atoms with Gasteiger partial charge < -0.3 is 4.79 Å². The summed E-state index contributed by atoms with van der Waals surface area (Å²) >= 11 is 5.44. The molecular weight excluding hydrogens is 348 g/mol. The fourth-order valence-electron chi connectivity index (χ4n) is 0.358. The number of nitrogens with zero attached hydrogens (tertiary/aromatic N) is 1. The van der Waals surface area contributed by atoms with Crippen molar-refractivity contribution >= 4 is 44.3 Å². The third kappa shape index (κ3) is 12.0. The Hall–Kier alpha value is 0.0300. The Bertz CT molecular complexity index is 223. The zero-order chi connectivity index (χ0) is 9.56. The normalized spacial score (nSPS) is 7.69. The van der Waals surface area contributed by atoms with Crippen LogP contribution in [0.2, 0.25) is 0 Å². The van der Waals surface area contributed by atoms with Gasteiger partial charge in [0, 0.05) is 10.7 Å². The highest BCUT2D eigenvalue weighted by molar-refractivity contribution is 14.1. The van der Waals surface area contributed by atoms with Crippen LogP contribution in [0.4, 0.5) is 0 Å². The second-order valence-electron chi connectivity index (χ2n) is 2.21. The fourth-order valence-corrected chi connectivity index (χ4v) is 0.911. The highest BCUT2D eigenvalue weighted by Crippen LogP contribution is 2.07. The predicted molar refractivity (Wildman–Crippen MR) is 67.7 cm³/mol. The lowest BCUT2D eigenvalue weighted by molar-refractivity contribution is -0.114. The van der Waals surface area contributed by atoms with Gasteiger partial charge in [0.2, 0.25) is 0 Å². The standard InChI is InChI=1S/C5H3BrIN.C3H6O.CH4/c6-4-1-2-5(7)8-3-4;1-3(2)4;/h1-3H;1-2H3;1H4/i;1+1,2+1,3+1;. The summed E-state index contributed by atoms with van der Waals surface area (Å²) in [6, 6.07) is 3.92. The molecule has 4 heteroatoms. The van der Waals surface area contributed by atoms with Crippen molar-refractivity contribution in [3.05, 3.63) is 26.5 Å². The molecular formula is C9H13BrINO. The molecule has 0 N–H and O–H groups in total. The molecule has 2 nitrogen and oxygen atoms in total. The molecule has 0 amide bonds. The minimum Gasteiger partial charge on any atom is -0.300 e. The number of Topliss-reactive ketones (excluding diaryl/α,β-unsaturated/α-hetero) is 1. The van der Waals surface area contributed by atoms with Gasteiger partial charge in [-0.15, -0.1) is 0 Å². The fraction of sp³-hybridized carbons (Fsp3) is 0.333. The zero-order valence-corrected chi connectivity index (χ0v) is 10.6. The van der Waals surface area contributed by atoms with Crippen LogP contribution in [-0.2, 0) is 4.79 Å². The summed E-state index contributed by atoms with van der Waals surface area (Å²) < 4.78 is 2.05. The van der Waals surface area contributed by atoms with Crippen molar-refractivity contribution in [1.82, 2.24) is 4.98 Å². The first-order valence-corrected chi connectivity index (χ1v) is 5.14. The van der Waals surface area contributed by atoms with E-state index in [1.165, 1.54) is 13.8 Å². The van der Waals surface area contributed by atoms with Gasteiger partial charge in [-0.2, -0.15) is 0 Å². The number of carbonyl (C=O) groups is 1. The highest BCUT2D eigenvalue weighted by atomic mass is 127. The zero-order valence-electron chi connectivity index (χ0n) is 6.84. The molecule has 0 saturated carbocycles. The average molecular weight is 361 g/mol. The molecule has 0 aliphatic rings. The van der Waals surface area contributed by atoms with Gasteiger partial charge in [-0.05, 0) is 64.5 Å². The van der Waals surface area contributed by atoms with Crippen molar-refractivity contribution in [2.45, 2.75) is 21.3 Å². The second-order valence-corrected chi connectivity index (χ2v) is 4.23. The van der Waals surface area contributed by atoms with Crippen molar-refractivity contribution in [2.75, 3.05) is 0 Å². The van der Waals surface area contributed by atoms with E-state index in [1.54, 1.807) is 6.20 Å². The molecule has 1 rings (SSSR count). The van der Waals surface area contributed by atoms with Gasteiger partial charge in [0.25, 0.3) is 0 Å². The molecule has 1 aromatic heterocycles. The van der Waals surface area contributed by atoms with Crippen molar-refractivity contribution in [3.8, 4) is 0 Å². The summed E-state index contributed by atoms with van der Waals surface area (Å²) in [5.74, 6) is 0.167. The van der Waals surface area contributed by atoms with Gasteiger partial charge in [0.1, 0.15) is 9.48 Å². The van der Waals surface area contributed by atoms with Crippen molar-refractivity contribution in [2.24, 2.45) is 0 Å². The maximum atomic E-state index is 9.44. The molecule has 1 heterocycles. The third-order valence-corrected chi connectivity index (χ3v) is 1.80. The summed E-state index contributed by atoms with van der Waals surface area (Å²) in [5, 5.41) is 0. The van der Waals surface area contributed by atoms with Gasteiger partial charge in [0.15, 0.2) is 0 Å². The van der Waals surface area contributed by atoms with Crippen LogP contribution in [0.15, 0.2) is 22.8 Å². The van der Waals surface area contributed by atoms with E-state index in [2.05, 4.69) is 43.5 Å². The number of halogens is 2. The van der Waals surface area contributed by atoms with Crippen LogP contribution in [0.5, 0.6) is 0 Å². The van der Waals surface area contributed by atoms with Gasteiger partial charge in [-0.1, -0.05) is 7.43 Å². The van der Waals surface area contributed by atoms with Gasteiger partial charge in [-0.3, -0.25) is 0 Å². The average Bonchev–Trinajstić information content (AvgIpc) is 1.94. The number of hydrogen-bond acceptors (Lipinski definition) is 2. The maximum Gasteiger partial charge on any atom is 0.126 e. The molecule has 0 radical (unpaired) electrons. The van der Waals surface area contributed by atoms with Crippen LogP contribution in [0, 0.1) is 3.70 Å². The maximum absolute atomic E-state index is 9.44. The quantitative estimate of drug-likeness (QED) is 0.401. The van der Waals surface area contributed by atoms with E-state index in [0.717, 1.165) is 8.17 Å². The predicted octanol–water partition coefficient (Wildman–Crippen LogP) is 3.68. The number of rotatable bonds is 0. The second kappa shape index (κ2) is 8.62. The van der Waals surface area contributed by atoms with Crippen LogP contribution < -0.4 is 0 Å². The van der Waals surface area contributed by atoms with Crippen LogP contribution in [0.25, 0.3) is 0 Å². The third-order valence-electron chi connectivity index (χ3n) is 0.691. The topological polar surface area (TPSA) is 30.0 Å². The molecule has 0 aromatic carbocycles. The summed E-state index contributed by atoms with van der Waals surface area (Å²) in [6.07, 6.45) is 1.78. The van der Waals surface area contributed by atoms with Crippen molar-refractivity contribution in [1.29, 1.82) is 0 Å². The lowest BCUT2D eigenvalue weighted by atomic mass is 10.5. The number of aromatic nitrogens is 1. The Morgan fingerprint density at radius 3 is 2.15 bits per heavy atom. The number of carbonyl (C=O) groups excluding carboxylic acids is 1. The van der Waals surface area contributed by atoms with Gasteiger partial charge in [0.05, 0.1) is 0 Å². The molecule has 13 heavy (non-hydrogen) atoms. The number of ketones is 1. The molecule has 0 atom stereocenters. The first-order chi connectivity index (χ1) is 5.52. The van der Waals surface area contributed by atoms with E-state index in [4.69, 9.17) is 0 Å². The van der Waals surface area contributed by atoms with Gasteiger partial charge in [-0.25, -0.2) is 4.98 Å². The number of hydrogen-bond donors (Lipinski definition) is 0. The van der Waals surface area contributed by atoms with Crippen molar-refractivity contribution in [3.63, 3.8) is 0 Å². The molecule has 0 unspecified atom stereocenters. The lowest BCUT2D eigenvalue weighted by Crippen LogP contribution is -1.74. The molecule has 0 saturated heterocycles. The largest absolute Gasteiger partial charge is 0.300 e. The Morgan fingerprint density at radius 2 is 1.92 bits per heavy atom. The Morgan fingerprint density at radius 1 is 1.46 bits per heavy atom.